The highest BCUT2D eigenvalue weighted by Gasteiger charge is 2.02. The average Bonchev–Trinajstić information content (AvgIpc) is 2.85. The fourth-order valence-electron chi connectivity index (χ4n) is 4.91. The molecular weight excluding hydrogens is 470 g/mol. The van der Waals surface area contributed by atoms with Gasteiger partial charge in [0.15, 0.2) is 0 Å². The highest BCUT2D eigenvalue weighted by Crippen LogP contribution is 2.15. The predicted octanol–water partition coefficient (Wildman–Crippen LogP) is 9.88. The Morgan fingerprint density at radius 2 is 0.789 bits per heavy atom. The van der Waals surface area contributed by atoms with Crippen molar-refractivity contribution in [3.05, 3.63) is 0 Å². The first-order valence-corrected chi connectivity index (χ1v) is 16.9. The molecule has 4 N–H and O–H groups in total. The lowest BCUT2D eigenvalue weighted by Crippen LogP contribution is -2.09. The fraction of sp³-hybridized carbons (Fsp3) is 0.971. The van der Waals surface area contributed by atoms with Crippen LogP contribution in [0.5, 0.6) is 0 Å². The van der Waals surface area contributed by atoms with Crippen molar-refractivity contribution in [3.8, 4) is 0 Å². The van der Waals surface area contributed by atoms with Crippen LogP contribution in [0.2, 0.25) is 0 Å². The molecule has 0 aromatic heterocycles. The summed E-state index contributed by atoms with van der Waals surface area (Å²) in [7, 11) is 0. The number of hydrogen-bond donors (Lipinski definition) is 3. The summed E-state index contributed by atoms with van der Waals surface area (Å²) in [5.41, 5.74) is 5.10. The molecule has 0 aromatic carbocycles. The van der Waals surface area contributed by atoms with Crippen LogP contribution in [-0.2, 0) is 4.79 Å². The van der Waals surface area contributed by atoms with Gasteiger partial charge in [0.05, 0.1) is 6.10 Å². The van der Waals surface area contributed by atoms with Crippen LogP contribution in [0, 0.1) is 11.8 Å². The van der Waals surface area contributed by atoms with E-state index < -0.39 is 0 Å². The minimum absolute atomic E-state index is 0.109. The van der Waals surface area contributed by atoms with Crippen LogP contribution in [0.1, 0.15) is 188 Å². The lowest BCUT2D eigenvalue weighted by molar-refractivity contribution is -0.118. The van der Waals surface area contributed by atoms with Gasteiger partial charge in [-0.25, -0.2) is 0 Å². The molecule has 0 aliphatic heterocycles. The Balaban J connectivity index is 0. The molecule has 0 rings (SSSR count). The molecule has 1 atom stereocenters. The summed E-state index contributed by atoms with van der Waals surface area (Å²) in [5.74, 6) is 1.58. The molecule has 1 amide bonds. The molecule has 1 unspecified atom stereocenters. The number of amides is 1. The van der Waals surface area contributed by atoms with Crippen molar-refractivity contribution in [2.75, 3.05) is 6.61 Å². The zero-order valence-electron chi connectivity index (χ0n) is 26.5. The Bertz CT molecular complexity index is 453. The van der Waals surface area contributed by atoms with Crippen molar-refractivity contribution in [1.82, 2.24) is 0 Å². The molecule has 0 fully saturated rings. The summed E-state index contributed by atoms with van der Waals surface area (Å²) in [6.07, 6.45) is 31.0. The van der Waals surface area contributed by atoms with Gasteiger partial charge in [0.2, 0.25) is 5.91 Å². The first-order valence-electron chi connectivity index (χ1n) is 16.9. The maximum Gasteiger partial charge on any atom is 0.217 e. The van der Waals surface area contributed by atoms with E-state index in [2.05, 4.69) is 27.7 Å². The largest absolute Gasteiger partial charge is 0.396 e. The molecule has 38 heavy (non-hydrogen) atoms. The van der Waals surface area contributed by atoms with Crippen LogP contribution in [0.25, 0.3) is 0 Å². The summed E-state index contributed by atoms with van der Waals surface area (Å²) < 4.78 is 0. The number of aliphatic hydroxyl groups excluding tert-OH is 2. The zero-order chi connectivity index (χ0) is 28.7. The van der Waals surface area contributed by atoms with Crippen molar-refractivity contribution in [2.24, 2.45) is 17.6 Å². The topological polar surface area (TPSA) is 83.6 Å². The van der Waals surface area contributed by atoms with Crippen molar-refractivity contribution in [2.45, 2.75) is 194 Å². The van der Waals surface area contributed by atoms with Crippen molar-refractivity contribution in [3.63, 3.8) is 0 Å². The van der Waals surface area contributed by atoms with Crippen LogP contribution in [0.4, 0.5) is 0 Å². The highest BCUT2D eigenvalue weighted by atomic mass is 16.3. The predicted molar refractivity (Wildman–Crippen MR) is 167 cm³/mol. The third-order valence-electron chi connectivity index (χ3n) is 7.49. The average molecular weight is 542 g/mol. The van der Waals surface area contributed by atoms with E-state index in [-0.39, 0.29) is 18.6 Å². The Kier molecular flexibility index (Phi) is 33.9. The molecule has 0 saturated carbocycles. The van der Waals surface area contributed by atoms with Crippen LogP contribution in [0.15, 0.2) is 0 Å². The Morgan fingerprint density at radius 3 is 1.08 bits per heavy atom. The second-order valence-corrected chi connectivity index (χ2v) is 12.6. The van der Waals surface area contributed by atoms with Crippen molar-refractivity contribution >= 4 is 5.91 Å². The van der Waals surface area contributed by atoms with Gasteiger partial charge in [0.25, 0.3) is 0 Å². The molecule has 4 nitrogen and oxygen atoms in total. The number of carbonyl (C=O) groups excluding carboxylic acids is 1. The number of hydrogen-bond acceptors (Lipinski definition) is 3. The van der Waals surface area contributed by atoms with Gasteiger partial charge in [-0.1, -0.05) is 163 Å². The van der Waals surface area contributed by atoms with E-state index in [0.717, 1.165) is 37.5 Å². The molecule has 230 valence electrons. The van der Waals surface area contributed by atoms with Gasteiger partial charge in [0, 0.05) is 13.0 Å². The molecule has 0 heterocycles. The molecule has 4 heteroatoms. The number of primary amides is 1. The maximum atomic E-state index is 10.5. The molecule has 0 aliphatic carbocycles. The highest BCUT2D eigenvalue weighted by molar-refractivity contribution is 5.73. The van der Waals surface area contributed by atoms with Crippen LogP contribution in [-0.4, -0.2) is 28.8 Å². The molecule has 0 aromatic rings. The van der Waals surface area contributed by atoms with E-state index in [1.165, 1.54) is 122 Å². The molecule has 0 bridgehead atoms. The van der Waals surface area contributed by atoms with E-state index in [1.807, 2.05) is 0 Å². The van der Waals surface area contributed by atoms with Gasteiger partial charge in [-0.2, -0.15) is 0 Å². The van der Waals surface area contributed by atoms with Gasteiger partial charge >= 0.3 is 0 Å². The number of nitrogens with two attached hydrogens (primary N) is 1. The summed E-state index contributed by atoms with van der Waals surface area (Å²) in [6, 6.07) is 0. The van der Waals surface area contributed by atoms with Gasteiger partial charge in [-0.15, -0.1) is 0 Å². The smallest absolute Gasteiger partial charge is 0.217 e. The standard InChI is InChI=1S/C17H35NO.C17H36O2/c1-16(2)14-12-10-8-6-4-3-5-7-9-11-13-15-17(18)19;1-16(2)12-10-8-6-4-3-5-7-9-11-13-17(19)14-15-18/h16H,3-15H2,1-2H3,(H2,18,19);16-19H,3-15H2,1-2H3. The molecular formula is C34H71NO3. The van der Waals surface area contributed by atoms with E-state index >= 15 is 0 Å². The zero-order valence-corrected chi connectivity index (χ0v) is 26.5. The third kappa shape index (κ3) is 39.9. The minimum atomic E-state index is -0.286. The normalized spacial score (nSPS) is 12.1. The van der Waals surface area contributed by atoms with Crippen molar-refractivity contribution < 1.29 is 15.0 Å². The van der Waals surface area contributed by atoms with E-state index in [1.54, 1.807) is 0 Å². The maximum absolute atomic E-state index is 10.5. The van der Waals surface area contributed by atoms with Gasteiger partial charge in [0.1, 0.15) is 0 Å². The summed E-state index contributed by atoms with van der Waals surface area (Å²) in [6.45, 7) is 9.33. The van der Waals surface area contributed by atoms with E-state index in [0.29, 0.717) is 12.8 Å². The monoisotopic (exact) mass is 542 g/mol. The van der Waals surface area contributed by atoms with Crippen LogP contribution in [0.3, 0.4) is 0 Å². The van der Waals surface area contributed by atoms with Gasteiger partial charge in [-0.05, 0) is 31.1 Å². The SMILES string of the molecule is CC(C)CCCCCCCCCCCC(O)CCO.CC(C)CCCCCCCCCCCCCC(N)=O. The minimum Gasteiger partial charge on any atom is -0.396 e. The number of aliphatic hydroxyl groups is 2. The summed E-state index contributed by atoms with van der Waals surface area (Å²) in [5, 5.41) is 18.1. The third-order valence-corrected chi connectivity index (χ3v) is 7.49. The van der Waals surface area contributed by atoms with Crippen LogP contribution < -0.4 is 5.73 Å². The van der Waals surface area contributed by atoms with Gasteiger partial charge < -0.3 is 15.9 Å². The van der Waals surface area contributed by atoms with Crippen LogP contribution >= 0.6 is 0 Å². The lowest BCUT2D eigenvalue weighted by Gasteiger charge is -2.08. The first-order chi connectivity index (χ1) is 18.3. The second-order valence-electron chi connectivity index (χ2n) is 12.6. The second kappa shape index (κ2) is 32.6. The van der Waals surface area contributed by atoms with Gasteiger partial charge in [-0.3, -0.25) is 4.79 Å². The summed E-state index contributed by atoms with van der Waals surface area (Å²) in [4.78, 5) is 10.5. The van der Waals surface area contributed by atoms with E-state index in [9.17, 15) is 9.90 Å². The molecule has 0 aliphatic rings. The molecule has 0 saturated heterocycles. The lowest BCUT2D eigenvalue weighted by atomic mass is 10.0. The van der Waals surface area contributed by atoms with Crippen molar-refractivity contribution in [1.29, 1.82) is 0 Å². The number of unbranched alkanes of at least 4 members (excludes halogenated alkanes) is 18. The fourth-order valence-corrected chi connectivity index (χ4v) is 4.91. The van der Waals surface area contributed by atoms with E-state index in [4.69, 9.17) is 10.8 Å². The Morgan fingerprint density at radius 1 is 0.500 bits per heavy atom. The quantitative estimate of drug-likeness (QED) is 0.0862. The Hall–Kier alpha value is -0.610. The first kappa shape index (κ1) is 39.5. The summed E-state index contributed by atoms with van der Waals surface area (Å²) >= 11 is 0. The number of rotatable bonds is 28. The Labute approximate surface area is 239 Å². The molecule has 0 spiro atoms. The molecule has 0 radical (unpaired) electrons. The number of carbonyl (C=O) groups is 1.